The summed E-state index contributed by atoms with van der Waals surface area (Å²) in [6.45, 7) is 1.75. The molecular formula is C14H26N4O4S. The maximum Gasteiger partial charge on any atom is 0.315 e. The smallest absolute Gasteiger partial charge is 0.315 e. The van der Waals surface area contributed by atoms with E-state index in [1.54, 1.807) is 0 Å². The highest BCUT2D eigenvalue weighted by atomic mass is 32.2. The highest BCUT2D eigenvalue weighted by Gasteiger charge is 2.42. The van der Waals surface area contributed by atoms with Gasteiger partial charge in [0.05, 0.1) is 31.9 Å². The Hall–Kier alpha value is -1.03. The van der Waals surface area contributed by atoms with Gasteiger partial charge in [-0.25, -0.2) is 10.7 Å². The number of urea groups is 1. The van der Waals surface area contributed by atoms with Crippen LogP contribution in [0.5, 0.6) is 0 Å². The molecule has 0 bridgehead atoms. The fourth-order valence-electron chi connectivity index (χ4n) is 2.83. The SMILES string of the molecule is NOCCOCCNC(=O)CCCC[C@@H]1SC[C@@H]2NC(=O)N[C@@H]21. The van der Waals surface area contributed by atoms with Crippen molar-refractivity contribution in [2.24, 2.45) is 5.90 Å². The van der Waals surface area contributed by atoms with E-state index in [0.717, 1.165) is 25.0 Å². The Morgan fingerprint density at radius 1 is 1.30 bits per heavy atom. The Balaban J connectivity index is 1.46. The summed E-state index contributed by atoms with van der Waals surface area (Å²) >= 11 is 1.91. The number of nitrogens with two attached hydrogens (primary N) is 1. The summed E-state index contributed by atoms with van der Waals surface area (Å²) in [5.74, 6) is 5.89. The van der Waals surface area contributed by atoms with Gasteiger partial charge in [-0.15, -0.1) is 0 Å². The zero-order chi connectivity index (χ0) is 16.5. The number of hydrogen-bond donors (Lipinski definition) is 4. The van der Waals surface area contributed by atoms with Crippen LogP contribution in [-0.4, -0.2) is 61.4 Å². The molecule has 0 aromatic rings. The number of rotatable bonds is 11. The molecule has 2 rings (SSSR count). The van der Waals surface area contributed by atoms with Crippen LogP contribution < -0.4 is 21.8 Å². The second-order valence-electron chi connectivity index (χ2n) is 5.70. The molecule has 3 amide bonds. The molecule has 8 nitrogen and oxygen atoms in total. The monoisotopic (exact) mass is 346 g/mol. The van der Waals surface area contributed by atoms with E-state index in [-0.39, 0.29) is 24.0 Å². The van der Waals surface area contributed by atoms with Gasteiger partial charge in [0.2, 0.25) is 5.91 Å². The van der Waals surface area contributed by atoms with Crippen molar-refractivity contribution in [2.75, 3.05) is 32.1 Å². The number of fused-ring (bicyclic) bond motifs is 1. The summed E-state index contributed by atoms with van der Waals surface area (Å²) < 4.78 is 5.20. The first-order valence-electron chi connectivity index (χ1n) is 8.05. The third-order valence-corrected chi connectivity index (χ3v) is 5.50. The lowest BCUT2D eigenvalue weighted by Gasteiger charge is -2.16. The van der Waals surface area contributed by atoms with Crippen molar-refractivity contribution in [1.29, 1.82) is 0 Å². The van der Waals surface area contributed by atoms with Gasteiger partial charge in [0.15, 0.2) is 0 Å². The molecule has 2 aliphatic rings. The number of hydrogen-bond acceptors (Lipinski definition) is 6. The van der Waals surface area contributed by atoms with Crippen LogP contribution in [0, 0.1) is 0 Å². The number of ether oxygens (including phenoxy) is 1. The van der Waals surface area contributed by atoms with Crippen LogP contribution in [0.3, 0.4) is 0 Å². The molecule has 0 unspecified atom stereocenters. The molecule has 5 N–H and O–H groups in total. The maximum atomic E-state index is 11.7. The Bertz CT molecular complexity index is 399. The zero-order valence-electron chi connectivity index (χ0n) is 13.2. The van der Waals surface area contributed by atoms with E-state index in [4.69, 9.17) is 10.6 Å². The number of carbonyl (C=O) groups excluding carboxylic acids is 2. The quantitative estimate of drug-likeness (QED) is 0.233. The van der Waals surface area contributed by atoms with Crippen molar-refractivity contribution in [1.82, 2.24) is 16.0 Å². The molecule has 9 heteroatoms. The van der Waals surface area contributed by atoms with E-state index in [0.29, 0.717) is 38.0 Å². The molecule has 2 heterocycles. The lowest BCUT2D eigenvalue weighted by Crippen LogP contribution is -2.36. The molecule has 0 aromatic carbocycles. The molecule has 2 fully saturated rings. The van der Waals surface area contributed by atoms with Crippen LogP contribution in [0.2, 0.25) is 0 Å². The molecular weight excluding hydrogens is 320 g/mol. The van der Waals surface area contributed by atoms with Crippen LogP contribution in [-0.2, 0) is 14.4 Å². The largest absolute Gasteiger partial charge is 0.377 e. The molecule has 0 radical (unpaired) electrons. The summed E-state index contributed by atoms with van der Waals surface area (Å²) in [7, 11) is 0. The second-order valence-corrected chi connectivity index (χ2v) is 6.97. The van der Waals surface area contributed by atoms with Gasteiger partial charge in [0.25, 0.3) is 0 Å². The molecule has 2 saturated heterocycles. The lowest BCUT2D eigenvalue weighted by atomic mass is 10.0. The van der Waals surface area contributed by atoms with Crippen LogP contribution in [0.1, 0.15) is 25.7 Å². The molecule has 3 atom stereocenters. The summed E-state index contributed by atoms with van der Waals surface area (Å²) in [5, 5.41) is 9.20. The van der Waals surface area contributed by atoms with Crippen LogP contribution in [0.4, 0.5) is 4.79 Å². The van der Waals surface area contributed by atoms with Gasteiger partial charge < -0.3 is 25.5 Å². The Labute approximate surface area is 140 Å². The number of amides is 3. The molecule has 0 spiro atoms. The molecule has 0 aromatic heterocycles. The molecule has 23 heavy (non-hydrogen) atoms. The van der Waals surface area contributed by atoms with Crippen LogP contribution >= 0.6 is 11.8 Å². The topological polar surface area (TPSA) is 115 Å². The lowest BCUT2D eigenvalue weighted by molar-refractivity contribution is -0.121. The van der Waals surface area contributed by atoms with Crippen molar-refractivity contribution < 1.29 is 19.2 Å². The summed E-state index contributed by atoms with van der Waals surface area (Å²) in [4.78, 5) is 27.3. The minimum atomic E-state index is -0.0510. The fraction of sp³-hybridized carbons (Fsp3) is 0.857. The minimum absolute atomic E-state index is 0.0510. The predicted octanol–water partition coefficient (Wildman–Crippen LogP) is -0.265. The van der Waals surface area contributed by atoms with Crippen molar-refractivity contribution in [3.05, 3.63) is 0 Å². The Kier molecular flexibility index (Phi) is 7.93. The maximum absolute atomic E-state index is 11.7. The minimum Gasteiger partial charge on any atom is -0.377 e. The summed E-state index contributed by atoms with van der Waals surface area (Å²) in [5.41, 5.74) is 0. The van der Waals surface area contributed by atoms with Crippen molar-refractivity contribution in [3.63, 3.8) is 0 Å². The first-order valence-corrected chi connectivity index (χ1v) is 9.10. The van der Waals surface area contributed by atoms with Gasteiger partial charge in [-0.05, 0) is 12.8 Å². The first-order chi connectivity index (χ1) is 11.2. The predicted molar refractivity (Wildman–Crippen MR) is 87.9 cm³/mol. The second kappa shape index (κ2) is 9.96. The standard InChI is InChI=1S/C14H26N4O4S/c15-22-8-7-21-6-5-16-12(19)4-2-1-3-11-13-10(9-23-11)17-14(20)18-13/h10-11,13H,1-9,15H2,(H,16,19)(H2,17,18,20)/t10-,11-,13-/m0/s1. The Morgan fingerprint density at radius 3 is 3.00 bits per heavy atom. The van der Waals surface area contributed by atoms with E-state index in [2.05, 4.69) is 20.8 Å². The normalized spacial score (nSPS) is 25.8. The van der Waals surface area contributed by atoms with Crippen molar-refractivity contribution >= 4 is 23.7 Å². The number of thioether (sulfide) groups is 1. The average molecular weight is 346 g/mol. The van der Waals surface area contributed by atoms with E-state index in [1.807, 2.05) is 11.8 Å². The summed E-state index contributed by atoms with van der Waals surface area (Å²) in [6, 6.07) is 0.464. The molecule has 132 valence electrons. The third kappa shape index (κ3) is 6.17. The van der Waals surface area contributed by atoms with Gasteiger partial charge in [0.1, 0.15) is 0 Å². The molecule has 0 aliphatic carbocycles. The highest BCUT2D eigenvalue weighted by molar-refractivity contribution is 8.00. The van der Waals surface area contributed by atoms with Crippen LogP contribution in [0.15, 0.2) is 0 Å². The van der Waals surface area contributed by atoms with E-state index >= 15 is 0 Å². The number of unbranched alkanes of at least 4 members (excludes halogenated alkanes) is 1. The third-order valence-electron chi connectivity index (χ3n) is 3.99. The van der Waals surface area contributed by atoms with Gasteiger partial charge in [-0.1, -0.05) is 6.42 Å². The molecule has 0 saturated carbocycles. The van der Waals surface area contributed by atoms with E-state index in [9.17, 15) is 9.59 Å². The van der Waals surface area contributed by atoms with Crippen molar-refractivity contribution in [2.45, 2.75) is 43.0 Å². The highest BCUT2D eigenvalue weighted by Crippen LogP contribution is 2.33. The number of carbonyl (C=O) groups is 2. The van der Waals surface area contributed by atoms with Gasteiger partial charge in [-0.3, -0.25) is 4.79 Å². The van der Waals surface area contributed by atoms with Gasteiger partial charge in [-0.2, -0.15) is 11.8 Å². The van der Waals surface area contributed by atoms with E-state index < -0.39 is 0 Å². The van der Waals surface area contributed by atoms with Crippen LogP contribution in [0.25, 0.3) is 0 Å². The fourth-order valence-corrected chi connectivity index (χ4v) is 4.38. The van der Waals surface area contributed by atoms with E-state index in [1.165, 1.54) is 0 Å². The number of nitrogens with one attached hydrogen (secondary N) is 3. The van der Waals surface area contributed by atoms with Gasteiger partial charge in [0, 0.05) is 24.0 Å². The summed E-state index contributed by atoms with van der Waals surface area (Å²) in [6.07, 6.45) is 3.42. The molecule has 2 aliphatic heterocycles. The van der Waals surface area contributed by atoms with Gasteiger partial charge >= 0.3 is 6.03 Å². The van der Waals surface area contributed by atoms with Crippen molar-refractivity contribution in [3.8, 4) is 0 Å². The Morgan fingerprint density at radius 2 is 2.17 bits per heavy atom. The zero-order valence-corrected chi connectivity index (χ0v) is 14.0. The first kappa shape index (κ1) is 18.3. The average Bonchev–Trinajstić information content (AvgIpc) is 3.07.